The number of hydrogen-bond acceptors (Lipinski definition) is 8. The monoisotopic (exact) mass is 2050 g/mol. The summed E-state index contributed by atoms with van der Waals surface area (Å²) in [7, 11) is -0.240. The second-order valence-electron chi connectivity index (χ2n) is 41.9. The van der Waals surface area contributed by atoms with E-state index >= 15 is 0 Å². The maximum Gasteiger partial charge on any atom is 0.553 e. The van der Waals surface area contributed by atoms with Gasteiger partial charge in [0.1, 0.15) is 0 Å². The van der Waals surface area contributed by atoms with Crippen molar-refractivity contribution in [3.05, 3.63) is 355 Å². The van der Waals surface area contributed by atoms with Crippen LogP contribution in [0.25, 0.3) is 113 Å². The molecule has 1 atom stereocenters. The number of fused-ring (bicyclic) bond motifs is 16. The molecule has 8 aromatic heterocycles. The van der Waals surface area contributed by atoms with Crippen LogP contribution in [0.4, 0.5) is 0 Å². The standard InChI is InChI=1S/C39H34N4.C32H31IN4.C32H32N4.C12H17BO2.2C2H4O2.2CH4.Zn/c1-22-18-23(2)35(24(3)19-22)37-31-15-14-29-25(4)28-13-12-27-20-34-38(5,6)21-33-36(26-10-8-7-9-11-26)30-16-17-32(37)42(30)39(40(27)28,41(29)31)43(33)34;1-17-13-18(2)29(19(3)14-17)30-24-10-9-23(35-24)20(4)22-8-7-21(34-22)15-28-32(5,6)16-27(37-28)31(33)26-12-11-25(30)36-26;1-18-13-19(2)30(20(3)14-18)31-27-10-8-22(34-27)15-24-17-32(5,6)29(35-24)16-23-7-9-25(33-23)21(4)26-11-12-28(31)36-26;1-11(2)12(3,4)15-13(14-11)10-8-6-5-7-9-10;2*1-2(3)4;;;/h7-20H,21H2,1-6H3;7-15,34,36H,16H2,1-6H3;7-16,33-34H,17H2,1-6H3;5-9H,1-4H3;2*1H3,(H,3,4);2*1H4;/q+2;;;;;;;;/t39-;;;;;;;;/m1......../s1. The minimum absolute atomic E-state index is 0. The molecule has 18 nitrogen and oxygen atoms in total. The number of aryl methyl sites for hydroxylation is 11. The number of rotatable bonds is 5. The van der Waals surface area contributed by atoms with Gasteiger partial charge in [-0.2, -0.15) is 9.13 Å². The van der Waals surface area contributed by atoms with Crippen LogP contribution in [0.3, 0.4) is 0 Å². The average molecular weight is 2050 g/mol. The van der Waals surface area contributed by atoms with Gasteiger partial charge in [0.2, 0.25) is 22.8 Å². The van der Waals surface area contributed by atoms with E-state index in [1.165, 1.54) is 134 Å². The predicted molar refractivity (Wildman–Crippen MR) is 589 cm³/mol. The number of carboxylic acids is 2. The molecule has 21 heteroatoms. The van der Waals surface area contributed by atoms with Gasteiger partial charge in [-0.3, -0.25) is 19.6 Å². The number of allylic oxidation sites excluding steroid dienone is 3. The molecule has 0 radical (unpaired) electrons. The van der Waals surface area contributed by atoms with Gasteiger partial charge in [0.25, 0.3) is 11.9 Å². The first-order chi connectivity index (χ1) is 65.9. The van der Waals surface area contributed by atoms with E-state index in [0.29, 0.717) is 0 Å². The molecule has 1 fully saturated rings. The van der Waals surface area contributed by atoms with Crippen LogP contribution < -0.4 is 16.2 Å². The molecule has 720 valence electrons. The smallest absolute Gasteiger partial charge is 0.481 e. The summed E-state index contributed by atoms with van der Waals surface area (Å²) in [5.41, 5.74) is 50.6. The maximum absolute atomic E-state index is 9.00. The van der Waals surface area contributed by atoms with Crippen LogP contribution in [0, 0.1) is 85.1 Å². The van der Waals surface area contributed by atoms with Crippen molar-refractivity contribution in [2.45, 2.75) is 228 Å². The summed E-state index contributed by atoms with van der Waals surface area (Å²) in [5, 5.41) is 17.4. The van der Waals surface area contributed by atoms with E-state index in [0.717, 1.165) is 154 Å². The fourth-order valence-electron chi connectivity index (χ4n) is 22.3. The summed E-state index contributed by atoms with van der Waals surface area (Å²) in [6.07, 6.45) is 18.6. The number of aromatic amines is 4. The first-order valence-corrected chi connectivity index (χ1v) is 49.2. The number of carboxylic acid groups (broad SMARTS) is 2. The van der Waals surface area contributed by atoms with E-state index in [9.17, 15) is 0 Å². The Bertz CT molecular complexity index is 8100. The van der Waals surface area contributed by atoms with Crippen LogP contribution in [0.15, 0.2) is 212 Å². The van der Waals surface area contributed by atoms with Crippen LogP contribution >= 0.6 is 22.6 Å². The zero-order valence-corrected chi connectivity index (χ0v) is 90.0. The summed E-state index contributed by atoms with van der Waals surface area (Å²) in [6.45, 7) is 50.8. The molecule has 0 saturated carbocycles. The minimum Gasteiger partial charge on any atom is -0.481 e. The maximum atomic E-state index is 9.00. The molecule has 19 heterocycles. The van der Waals surface area contributed by atoms with Crippen molar-refractivity contribution in [1.82, 2.24) is 49.0 Å². The largest absolute Gasteiger partial charge is 0.553 e. The molecule has 0 unspecified atom stereocenters. The molecule has 11 aliphatic heterocycles. The Morgan fingerprint density at radius 3 is 1.39 bits per heavy atom. The van der Waals surface area contributed by atoms with E-state index < -0.39 is 17.8 Å². The molecule has 0 aliphatic carbocycles. The molecule has 6 N–H and O–H groups in total. The van der Waals surface area contributed by atoms with Crippen LogP contribution in [-0.2, 0) is 68.0 Å². The van der Waals surface area contributed by atoms with Crippen LogP contribution in [0.5, 0.6) is 0 Å². The fraction of sp³-hybridized carbons (Fsp3) is 0.289. The van der Waals surface area contributed by atoms with Crippen molar-refractivity contribution in [1.29, 1.82) is 0 Å². The number of carbonyl (C=O) groups is 2. The number of aliphatic carboxylic acids is 2. The quantitative estimate of drug-likeness (QED) is 0.0543. The number of aromatic nitrogens is 10. The number of benzene rings is 5. The van der Waals surface area contributed by atoms with Gasteiger partial charge < -0.3 is 39.5 Å². The van der Waals surface area contributed by atoms with E-state index in [1.807, 2.05) is 30.3 Å². The molecule has 16 bridgehead atoms. The van der Waals surface area contributed by atoms with Crippen molar-refractivity contribution < 1.29 is 57.7 Å². The SMILES string of the molecule is C.C.CC(=O)O.CC(=O)O.CC1(C)OB(c2ccccc2)OC1(C)C.CC1=c2ccc3n2[C@]24n5c(ccc5C(c5c(C)cc(C)cc5C)=C5C=CC1=[N+]52)C(c1ccccc1)=C1CC(C)(C)C(=[N+]14)C=3.Cc1cc(C)c(-c2c3nc(c(C)c4ccc(cc5nc(c(I)c6ccc2[nH]6)CC5(C)C)[nH]4)C=C3)c(C)c1.Cc1cc(C)c(-c2c3nc(c(C)c4ccc(cc5nc(cc6ccc2[nH]6)CC5(C)C)[nH]4)C=C3)c(C)c1.[Zn]. The second-order valence-corrected chi connectivity index (χ2v) is 43.0. The zero-order valence-electron chi connectivity index (χ0n) is 84.8. The first kappa shape index (κ1) is 102. The molecular formula is C121H130BIN12O6Zn+2. The third-order valence-electron chi connectivity index (χ3n) is 29.2. The Morgan fingerprint density at radius 1 is 0.430 bits per heavy atom. The predicted octanol–water partition coefficient (Wildman–Crippen LogP) is 25.6. The van der Waals surface area contributed by atoms with Gasteiger partial charge in [0.05, 0.1) is 87.4 Å². The molecule has 5 aromatic carbocycles. The summed E-state index contributed by atoms with van der Waals surface area (Å²) >= 11 is 2.46. The van der Waals surface area contributed by atoms with Gasteiger partial charge in [-0.05, 0) is 335 Å². The van der Waals surface area contributed by atoms with Gasteiger partial charge in [0, 0.05) is 154 Å². The summed E-state index contributed by atoms with van der Waals surface area (Å²) in [4.78, 5) is 53.1. The molecule has 13 aromatic rings. The Balaban J connectivity index is 0.000000137. The van der Waals surface area contributed by atoms with E-state index in [1.54, 1.807) is 0 Å². The third kappa shape index (κ3) is 17.8. The van der Waals surface area contributed by atoms with Crippen LogP contribution in [0.1, 0.15) is 241 Å². The van der Waals surface area contributed by atoms with E-state index in [-0.39, 0.29) is 68.9 Å². The number of hydrogen-bond donors (Lipinski definition) is 6. The van der Waals surface area contributed by atoms with Crippen molar-refractivity contribution in [2.24, 2.45) is 5.41 Å². The van der Waals surface area contributed by atoms with Crippen molar-refractivity contribution in [3.8, 4) is 22.3 Å². The number of nitrogens with zero attached hydrogens (tertiary/aromatic N) is 8. The minimum atomic E-state index is -0.833. The van der Waals surface area contributed by atoms with Gasteiger partial charge >= 0.3 is 13.0 Å². The van der Waals surface area contributed by atoms with Gasteiger partial charge in [-0.25, -0.2) is 9.97 Å². The summed E-state index contributed by atoms with van der Waals surface area (Å²) in [5.74, 6) is -2.27. The molecule has 24 rings (SSSR count). The normalized spacial score (nSPS) is 17.1. The van der Waals surface area contributed by atoms with Crippen LogP contribution in [0.2, 0.25) is 0 Å². The van der Waals surface area contributed by atoms with Gasteiger partial charge in [-0.1, -0.05) is 165 Å². The van der Waals surface area contributed by atoms with Crippen LogP contribution in [-0.4, -0.2) is 110 Å². The topological polar surface area (TPSA) is 224 Å². The molecule has 142 heavy (non-hydrogen) atoms. The Kier molecular flexibility index (Phi) is 27.3. The Labute approximate surface area is 860 Å². The first-order valence-electron chi connectivity index (χ1n) is 48.1. The molecular weight excluding hydrogens is 1920 g/mol. The summed E-state index contributed by atoms with van der Waals surface area (Å²) in [6, 6.07) is 68.2. The Hall–Kier alpha value is -13.0. The number of halogens is 1. The van der Waals surface area contributed by atoms with Crippen molar-refractivity contribution in [2.75, 3.05) is 0 Å². The van der Waals surface area contributed by atoms with Crippen molar-refractivity contribution >= 4 is 150 Å². The van der Waals surface area contributed by atoms with Gasteiger partial charge in [0.15, 0.2) is 0 Å². The van der Waals surface area contributed by atoms with Gasteiger partial charge in [-0.15, -0.1) is 0 Å². The molecule has 0 amide bonds. The Morgan fingerprint density at radius 2 is 0.866 bits per heavy atom. The molecule has 11 aliphatic rings. The molecule has 1 spiro atoms. The fourth-order valence-corrected chi connectivity index (χ4v) is 23.0. The van der Waals surface area contributed by atoms with E-state index in [2.05, 4.69) is 413 Å². The zero-order chi connectivity index (χ0) is 98.7. The number of nitrogens with one attached hydrogen (secondary N) is 4. The average Bonchev–Trinajstić information content (AvgIpc) is 1.45. The van der Waals surface area contributed by atoms with Crippen molar-refractivity contribution in [3.63, 3.8) is 0 Å². The molecule has 1 saturated heterocycles. The summed E-state index contributed by atoms with van der Waals surface area (Å²) < 4.78 is 23.7. The number of H-pyrrole nitrogens is 4. The third-order valence-corrected chi connectivity index (χ3v) is 30.4. The van der Waals surface area contributed by atoms with E-state index in [4.69, 9.17) is 49.0 Å². The second kappa shape index (κ2) is 38.0.